The number of benzene rings is 2. The number of hydrogen-bond donors (Lipinski definition) is 2. The molecule has 2 aromatic carbocycles. The topological polar surface area (TPSA) is 64.1 Å². The van der Waals surface area contributed by atoms with Crippen LogP contribution < -0.4 is 5.73 Å². The summed E-state index contributed by atoms with van der Waals surface area (Å²) in [6.07, 6.45) is 0.390. The first kappa shape index (κ1) is 17.3. The fourth-order valence-corrected chi connectivity index (χ4v) is 3.38. The minimum Gasteiger partial charge on any atom is -0.380 e. The molecule has 1 heterocycles. The van der Waals surface area contributed by atoms with Gasteiger partial charge in [0.25, 0.3) is 0 Å². The van der Waals surface area contributed by atoms with Crippen LogP contribution in [-0.4, -0.2) is 20.0 Å². The molecule has 0 bridgehead atoms. The molecule has 0 atom stereocenters. The maximum atomic E-state index is 11.7. The van der Waals surface area contributed by atoms with Gasteiger partial charge in [0.2, 0.25) is 0 Å². The lowest BCUT2D eigenvalue weighted by atomic mass is 9.81. The second kappa shape index (κ2) is 6.78. The summed E-state index contributed by atoms with van der Waals surface area (Å²) in [4.78, 5) is 0. The van der Waals surface area contributed by atoms with Gasteiger partial charge in [0.15, 0.2) is 5.11 Å². The molecule has 4 nitrogen and oxygen atoms in total. The molecule has 0 aliphatic rings. The van der Waals surface area contributed by atoms with Crippen molar-refractivity contribution in [1.82, 2.24) is 9.78 Å². The van der Waals surface area contributed by atoms with Crippen LogP contribution >= 0.6 is 12.2 Å². The minimum absolute atomic E-state index is 0.204. The van der Waals surface area contributed by atoms with Crippen LogP contribution in [-0.2, 0) is 12.0 Å². The van der Waals surface area contributed by atoms with Gasteiger partial charge in [0, 0.05) is 17.7 Å². The van der Waals surface area contributed by atoms with Crippen molar-refractivity contribution in [2.75, 3.05) is 0 Å². The first-order valence-electron chi connectivity index (χ1n) is 8.12. The van der Waals surface area contributed by atoms with Gasteiger partial charge < -0.3 is 10.8 Å². The molecular weight excluding hydrogens is 330 g/mol. The molecule has 1 aromatic heterocycles. The summed E-state index contributed by atoms with van der Waals surface area (Å²) in [7, 11) is 0. The molecule has 5 heteroatoms. The van der Waals surface area contributed by atoms with E-state index in [-0.39, 0.29) is 5.11 Å². The van der Waals surface area contributed by atoms with Crippen molar-refractivity contribution in [3.8, 4) is 0 Å². The summed E-state index contributed by atoms with van der Waals surface area (Å²) in [6.45, 7) is 3.83. The van der Waals surface area contributed by atoms with E-state index in [0.29, 0.717) is 6.42 Å². The summed E-state index contributed by atoms with van der Waals surface area (Å²) in [6, 6.07) is 19.4. The molecule has 0 spiro atoms. The van der Waals surface area contributed by atoms with E-state index < -0.39 is 5.60 Å². The summed E-state index contributed by atoms with van der Waals surface area (Å²) in [5.74, 6) is 0. The Morgan fingerprint density at radius 3 is 1.92 bits per heavy atom. The predicted octanol–water partition coefficient (Wildman–Crippen LogP) is 3.07. The Morgan fingerprint density at radius 1 is 1.04 bits per heavy atom. The van der Waals surface area contributed by atoms with Gasteiger partial charge in [-0.1, -0.05) is 60.7 Å². The average Bonchev–Trinajstić information content (AvgIpc) is 2.91. The number of aryl methyl sites for hydroxylation is 1. The van der Waals surface area contributed by atoms with Crippen LogP contribution in [0.4, 0.5) is 0 Å². The van der Waals surface area contributed by atoms with Crippen molar-refractivity contribution >= 4 is 17.3 Å². The van der Waals surface area contributed by atoms with Crippen molar-refractivity contribution in [2.45, 2.75) is 25.9 Å². The summed E-state index contributed by atoms with van der Waals surface area (Å²) in [5.41, 5.74) is 8.88. The number of nitrogens with two attached hydrogens (primary N) is 1. The Hall–Kier alpha value is -2.50. The van der Waals surface area contributed by atoms with E-state index in [2.05, 4.69) is 5.10 Å². The Kier molecular flexibility index (Phi) is 4.70. The summed E-state index contributed by atoms with van der Waals surface area (Å²) in [5, 5.41) is 16.3. The fourth-order valence-electron chi connectivity index (χ4n) is 3.20. The van der Waals surface area contributed by atoms with Crippen molar-refractivity contribution in [2.24, 2.45) is 5.73 Å². The number of nitrogens with zero attached hydrogens (tertiary/aromatic N) is 2. The smallest absolute Gasteiger partial charge is 0.191 e. The zero-order valence-electron chi connectivity index (χ0n) is 14.3. The third-order valence-electron chi connectivity index (χ3n) is 4.59. The van der Waals surface area contributed by atoms with Crippen LogP contribution in [0.2, 0.25) is 0 Å². The standard InChI is InChI=1S/C20H21N3OS/c1-14-18(15(2)23(22-14)19(21)25)13-20(24,16-9-5-3-6-10-16)17-11-7-4-8-12-17/h3-12,24H,13H2,1-2H3,(H2,21,25). The highest BCUT2D eigenvalue weighted by Gasteiger charge is 2.34. The number of aliphatic hydroxyl groups is 1. The molecule has 0 aliphatic heterocycles. The number of aromatic nitrogens is 2. The lowest BCUT2D eigenvalue weighted by molar-refractivity contribution is 0.0808. The molecular formula is C20H21N3OS. The van der Waals surface area contributed by atoms with E-state index in [1.165, 1.54) is 0 Å². The molecule has 25 heavy (non-hydrogen) atoms. The highest BCUT2D eigenvalue weighted by Crippen LogP contribution is 2.34. The monoisotopic (exact) mass is 351 g/mol. The Labute approximate surface area is 152 Å². The Morgan fingerprint density at radius 2 is 1.52 bits per heavy atom. The van der Waals surface area contributed by atoms with Crippen LogP contribution in [0.15, 0.2) is 60.7 Å². The molecule has 0 amide bonds. The van der Waals surface area contributed by atoms with Crippen LogP contribution in [0.3, 0.4) is 0 Å². The minimum atomic E-state index is -1.16. The van der Waals surface area contributed by atoms with E-state index in [1.54, 1.807) is 4.68 Å². The first-order chi connectivity index (χ1) is 11.9. The number of thiocarbonyl (C=S) groups is 1. The van der Waals surface area contributed by atoms with Gasteiger partial charge in [-0.25, -0.2) is 4.68 Å². The zero-order chi connectivity index (χ0) is 18.0. The summed E-state index contributed by atoms with van der Waals surface area (Å²) >= 11 is 5.07. The molecule has 0 fully saturated rings. The van der Waals surface area contributed by atoms with Crippen LogP contribution in [0.1, 0.15) is 28.1 Å². The molecule has 3 N–H and O–H groups in total. The molecule has 128 valence electrons. The molecule has 0 aliphatic carbocycles. The largest absolute Gasteiger partial charge is 0.380 e. The second-order valence-electron chi connectivity index (χ2n) is 6.17. The highest BCUT2D eigenvalue weighted by atomic mass is 32.1. The van der Waals surface area contributed by atoms with E-state index in [1.807, 2.05) is 74.5 Å². The van der Waals surface area contributed by atoms with Crippen LogP contribution in [0.25, 0.3) is 0 Å². The van der Waals surface area contributed by atoms with E-state index in [4.69, 9.17) is 18.0 Å². The second-order valence-corrected chi connectivity index (χ2v) is 6.59. The maximum absolute atomic E-state index is 11.7. The van der Waals surface area contributed by atoms with Crippen molar-refractivity contribution in [3.63, 3.8) is 0 Å². The SMILES string of the molecule is Cc1nn(C(N)=S)c(C)c1CC(O)(c1ccccc1)c1ccccc1. The van der Waals surface area contributed by atoms with Crippen LogP contribution in [0.5, 0.6) is 0 Å². The Bertz CT molecular complexity index is 849. The zero-order valence-corrected chi connectivity index (χ0v) is 15.1. The highest BCUT2D eigenvalue weighted by molar-refractivity contribution is 7.80. The van der Waals surface area contributed by atoms with Gasteiger partial charge in [0.05, 0.1) is 5.69 Å². The normalized spacial score (nSPS) is 11.5. The van der Waals surface area contributed by atoms with E-state index >= 15 is 0 Å². The first-order valence-corrected chi connectivity index (χ1v) is 8.52. The lowest BCUT2D eigenvalue weighted by Crippen LogP contribution is -2.30. The van der Waals surface area contributed by atoms with Crippen molar-refractivity contribution < 1.29 is 5.11 Å². The molecule has 0 radical (unpaired) electrons. The fraction of sp³-hybridized carbons (Fsp3) is 0.200. The quantitative estimate of drug-likeness (QED) is 0.709. The maximum Gasteiger partial charge on any atom is 0.191 e. The van der Waals surface area contributed by atoms with E-state index in [9.17, 15) is 5.11 Å². The Balaban J connectivity index is 2.14. The van der Waals surface area contributed by atoms with Gasteiger partial charge >= 0.3 is 0 Å². The third-order valence-corrected chi connectivity index (χ3v) is 4.76. The van der Waals surface area contributed by atoms with Crippen molar-refractivity contribution in [1.29, 1.82) is 0 Å². The third kappa shape index (κ3) is 3.21. The lowest BCUT2D eigenvalue weighted by Gasteiger charge is -2.30. The van der Waals surface area contributed by atoms with Gasteiger partial charge in [-0.2, -0.15) is 5.10 Å². The number of rotatable bonds is 4. The average molecular weight is 351 g/mol. The van der Waals surface area contributed by atoms with Gasteiger partial charge in [-0.3, -0.25) is 0 Å². The molecule has 3 rings (SSSR count). The molecule has 0 saturated carbocycles. The number of hydrogen-bond acceptors (Lipinski definition) is 3. The van der Waals surface area contributed by atoms with Crippen LogP contribution in [0, 0.1) is 13.8 Å². The summed E-state index contributed by atoms with van der Waals surface area (Å²) < 4.78 is 1.55. The molecule has 0 saturated heterocycles. The van der Waals surface area contributed by atoms with Gasteiger partial charge in [0.1, 0.15) is 5.60 Å². The van der Waals surface area contributed by atoms with Gasteiger partial charge in [-0.15, -0.1) is 0 Å². The van der Waals surface area contributed by atoms with Crippen molar-refractivity contribution in [3.05, 3.63) is 88.7 Å². The van der Waals surface area contributed by atoms with Gasteiger partial charge in [-0.05, 0) is 37.2 Å². The molecule has 3 aromatic rings. The van der Waals surface area contributed by atoms with E-state index in [0.717, 1.165) is 28.1 Å². The predicted molar refractivity (Wildman–Crippen MR) is 103 cm³/mol. The molecule has 0 unspecified atom stereocenters.